The van der Waals surface area contributed by atoms with Crippen molar-refractivity contribution in [3.8, 4) is 11.8 Å². The van der Waals surface area contributed by atoms with Crippen molar-refractivity contribution in [1.82, 2.24) is 4.57 Å². The Morgan fingerprint density at radius 3 is 2.42 bits per heavy atom. The quantitative estimate of drug-likeness (QED) is 0.432. The van der Waals surface area contributed by atoms with Gasteiger partial charge in [-0.2, -0.15) is 5.26 Å². The van der Waals surface area contributed by atoms with Crippen molar-refractivity contribution >= 4 is 22.4 Å². The Bertz CT molecular complexity index is 1140. The molecular weight excluding hydrogens is 323 g/mol. The number of fused-ring (bicyclic) bond motifs is 1. The largest absolute Gasteiger partial charge is 0.317 e. The second kappa shape index (κ2) is 6.70. The average molecular weight is 338 g/mol. The smallest absolute Gasteiger partial charge is 0.123 e. The summed E-state index contributed by atoms with van der Waals surface area (Å²) in [5, 5.41) is 11.9. The molecule has 3 aromatic carbocycles. The average Bonchev–Trinajstić information content (AvgIpc) is 3.15. The summed E-state index contributed by atoms with van der Waals surface area (Å²) in [4.78, 5) is 0. The molecule has 0 aliphatic carbocycles. The van der Waals surface area contributed by atoms with E-state index in [0.717, 1.165) is 16.8 Å². The Labute approximate surface area is 151 Å². The minimum absolute atomic E-state index is 0.314. The number of nitriles is 1. The number of rotatable bonds is 3. The highest BCUT2D eigenvalue weighted by Crippen LogP contribution is 2.23. The molecule has 1 heterocycles. The fourth-order valence-corrected chi connectivity index (χ4v) is 3.03. The molecule has 0 amide bonds. The monoisotopic (exact) mass is 338 g/mol. The SMILES string of the molecule is N#C/C(=C/c1cccn1-c1ccc2ccccc2c1)c1ccc(F)cc1. The van der Waals surface area contributed by atoms with Crippen LogP contribution in [0.1, 0.15) is 11.3 Å². The summed E-state index contributed by atoms with van der Waals surface area (Å²) >= 11 is 0. The zero-order valence-electron chi connectivity index (χ0n) is 13.9. The van der Waals surface area contributed by atoms with Crippen LogP contribution in [-0.2, 0) is 0 Å². The maximum Gasteiger partial charge on any atom is 0.123 e. The highest BCUT2D eigenvalue weighted by atomic mass is 19.1. The second-order valence-electron chi connectivity index (χ2n) is 6.01. The summed E-state index contributed by atoms with van der Waals surface area (Å²) in [5.74, 6) is -0.314. The van der Waals surface area contributed by atoms with E-state index in [1.807, 2.05) is 41.1 Å². The number of hydrogen-bond acceptors (Lipinski definition) is 1. The molecule has 4 aromatic rings. The third kappa shape index (κ3) is 3.01. The van der Waals surface area contributed by atoms with Crippen LogP contribution in [0, 0.1) is 17.1 Å². The lowest BCUT2D eigenvalue weighted by Crippen LogP contribution is -1.95. The molecule has 0 saturated carbocycles. The van der Waals surface area contributed by atoms with Crippen molar-refractivity contribution in [1.29, 1.82) is 5.26 Å². The Morgan fingerprint density at radius 1 is 0.885 bits per heavy atom. The molecule has 3 heteroatoms. The minimum atomic E-state index is -0.314. The second-order valence-corrected chi connectivity index (χ2v) is 6.01. The van der Waals surface area contributed by atoms with Crippen molar-refractivity contribution in [3.05, 3.63) is 102 Å². The predicted molar refractivity (Wildman–Crippen MR) is 103 cm³/mol. The molecule has 0 aliphatic heterocycles. The summed E-state index contributed by atoms with van der Waals surface area (Å²) in [6, 6.07) is 26.5. The molecule has 26 heavy (non-hydrogen) atoms. The van der Waals surface area contributed by atoms with E-state index in [4.69, 9.17) is 0 Å². The van der Waals surface area contributed by atoms with Crippen LogP contribution in [0.25, 0.3) is 28.1 Å². The maximum atomic E-state index is 13.1. The number of aromatic nitrogens is 1. The van der Waals surface area contributed by atoms with Gasteiger partial charge in [0.25, 0.3) is 0 Å². The Balaban J connectivity index is 1.78. The van der Waals surface area contributed by atoms with Gasteiger partial charge in [-0.3, -0.25) is 0 Å². The first-order chi connectivity index (χ1) is 12.7. The van der Waals surface area contributed by atoms with Crippen LogP contribution in [0.5, 0.6) is 0 Å². The molecule has 0 aliphatic rings. The molecule has 0 bridgehead atoms. The van der Waals surface area contributed by atoms with Crippen molar-refractivity contribution in [2.75, 3.05) is 0 Å². The first kappa shape index (κ1) is 15.9. The molecule has 0 fully saturated rings. The molecular formula is C23H15FN2. The van der Waals surface area contributed by atoms with Crippen molar-refractivity contribution in [2.24, 2.45) is 0 Å². The standard InChI is InChI=1S/C23H15FN2/c24-21-10-7-18(8-11-21)20(16-25)15-22-6-3-13-26(22)23-12-9-17-4-1-2-5-19(17)14-23/h1-15H/b20-15-. The van der Waals surface area contributed by atoms with Crippen LogP contribution in [0.3, 0.4) is 0 Å². The van der Waals surface area contributed by atoms with Gasteiger partial charge in [-0.15, -0.1) is 0 Å². The molecule has 4 rings (SSSR count). The normalized spacial score (nSPS) is 11.5. The van der Waals surface area contributed by atoms with Crippen LogP contribution in [0.15, 0.2) is 85.1 Å². The zero-order valence-corrected chi connectivity index (χ0v) is 13.9. The number of nitrogens with zero attached hydrogens (tertiary/aromatic N) is 2. The van der Waals surface area contributed by atoms with E-state index in [0.29, 0.717) is 11.1 Å². The van der Waals surface area contributed by atoms with E-state index in [2.05, 4.69) is 36.4 Å². The first-order valence-electron chi connectivity index (χ1n) is 8.29. The molecule has 2 nitrogen and oxygen atoms in total. The third-order valence-corrected chi connectivity index (χ3v) is 4.36. The van der Waals surface area contributed by atoms with Gasteiger partial charge >= 0.3 is 0 Å². The van der Waals surface area contributed by atoms with Crippen LogP contribution < -0.4 is 0 Å². The van der Waals surface area contributed by atoms with Gasteiger partial charge in [-0.05, 0) is 58.8 Å². The van der Waals surface area contributed by atoms with Gasteiger partial charge in [-0.1, -0.05) is 42.5 Å². The van der Waals surface area contributed by atoms with Crippen LogP contribution in [0.4, 0.5) is 4.39 Å². The molecule has 124 valence electrons. The third-order valence-electron chi connectivity index (χ3n) is 4.36. The molecule has 0 atom stereocenters. The highest BCUT2D eigenvalue weighted by molar-refractivity contribution is 5.89. The van der Waals surface area contributed by atoms with Gasteiger partial charge in [0.05, 0.1) is 11.6 Å². The van der Waals surface area contributed by atoms with Gasteiger partial charge in [0.1, 0.15) is 5.82 Å². The van der Waals surface area contributed by atoms with E-state index in [1.165, 1.54) is 17.5 Å². The minimum Gasteiger partial charge on any atom is -0.317 e. The van der Waals surface area contributed by atoms with Crippen molar-refractivity contribution in [3.63, 3.8) is 0 Å². The molecule has 1 aromatic heterocycles. The lowest BCUT2D eigenvalue weighted by Gasteiger charge is -2.09. The number of hydrogen-bond donors (Lipinski definition) is 0. The van der Waals surface area contributed by atoms with Gasteiger partial charge in [0, 0.05) is 17.6 Å². The lowest BCUT2D eigenvalue weighted by atomic mass is 10.1. The molecule has 0 radical (unpaired) electrons. The summed E-state index contributed by atoms with van der Waals surface area (Å²) in [6.07, 6.45) is 3.79. The fraction of sp³-hybridized carbons (Fsp3) is 0. The zero-order chi connectivity index (χ0) is 17.9. The first-order valence-corrected chi connectivity index (χ1v) is 8.29. The number of allylic oxidation sites excluding steroid dienone is 1. The topological polar surface area (TPSA) is 28.7 Å². The molecule has 0 unspecified atom stereocenters. The van der Waals surface area contributed by atoms with E-state index in [1.54, 1.807) is 12.1 Å². The van der Waals surface area contributed by atoms with Gasteiger partial charge in [-0.25, -0.2) is 4.39 Å². The predicted octanol–water partition coefficient (Wildman–Crippen LogP) is 5.83. The van der Waals surface area contributed by atoms with Crippen molar-refractivity contribution in [2.45, 2.75) is 0 Å². The molecule has 0 N–H and O–H groups in total. The van der Waals surface area contributed by atoms with Crippen LogP contribution >= 0.6 is 0 Å². The molecule has 0 spiro atoms. The molecule has 0 saturated heterocycles. The lowest BCUT2D eigenvalue weighted by molar-refractivity contribution is 0.627. The fourth-order valence-electron chi connectivity index (χ4n) is 3.03. The van der Waals surface area contributed by atoms with Crippen molar-refractivity contribution < 1.29 is 4.39 Å². The van der Waals surface area contributed by atoms with E-state index in [-0.39, 0.29) is 5.82 Å². The summed E-state index contributed by atoms with van der Waals surface area (Å²) in [5.41, 5.74) is 3.10. The van der Waals surface area contributed by atoms with Gasteiger partial charge in [0.15, 0.2) is 0 Å². The summed E-state index contributed by atoms with van der Waals surface area (Å²) < 4.78 is 15.2. The number of benzene rings is 3. The Morgan fingerprint density at radius 2 is 1.65 bits per heavy atom. The Hall–Kier alpha value is -3.64. The van der Waals surface area contributed by atoms with Crippen LogP contribution in [-0.4, -0.2) is 4.57 Å². The number of halogens is 1. The summed E-state index contributed by atoms with van der Waals surface area (Å²) in [6.45, 7) is 0. The highest BCUT2D eigenvalue weighted by Gasteiger charge is 2.06. The van der Waals surface area contributed by atoms with E-state index >= 15 is 0 Å². The van der Waals surface area contributed by atoms with E-state index in [9.17, 15) is 9.65 Å². The van der Waals surface area contributed by atoms with E-state index < -0.39 is 0 Å². The van der Waals surface area contributed by atoms with Crippen LogP contribution in [0.2, 0.25) is 0 Å². The maximum absolute atomic E-state index is 13.1. The summed E-state index contributed by atoms with van der Waals surface area (Å²) in [7, 11) is 0. The van der Waals surface area contributed by atoms with Gasteiger partial charge in [0.2, 0.25) is 0 Å². The van der Waals surface area contributed by atoms with Gasteiger partial charge < -0.3 is 4.57 Å². The Kier molecular flexibility index (Phi) is 4.09.